The molecule has 0 fully saturated rings. The highest BCUT2D eigenvalue weighted by Crippen LogP contribution is 2.26. The van der Waals surface area contributed by atoms with Gasteiger partial charge in [-0.2, -0.15) is 0 Å². The van der Waals surface area contributed by atoms with E-state index in [1.807, 2.05) is 11.5 Å². The number of hydrogen-bond donors (Lipinski definition) is 1. The number of nitro groups is 1. The van der Waals surface area contributed by atoms with Crippen molar-refractivity contribution in [2.45, 2.75) is 33.4 Å². The molecule has 0 bridgehead atoms. The standard InChI is InChI=1S/C13H16N4O3/c1-3-6-16-12(8-18)14-15-13(16)11-5-4-10(17(19)20)7-9(11)2/h4-5,7,18H,3,6,8H2,1-2H3. The van der Waals surface area contributed by atoms with Crippen molar-refractivity contribution in [1.29, 1.82) is 0 Å². The van der Waals surface area contributed by atoms with Crippen molar-refractivity contribution in [3.05, 3.63) is 39.7 Å². The summed E-state index contributed by atoms with van der Waals surface area (Å²) in [7, 11) is 0. The van der Waals surface area contributed by atoms with E-state index >= 15 is 0 Å². The highest BCUT2D eigenvalue weighted by molar-refractivity contribution is 5.62. The number of aliphatic hydroxyl groups excluding tert-OH is 1. The van der Waals surface area contributed by atoms with Crippen molar-refractivity contribution in [3.8, 4) is 11.4 Å². The molecule has 0 spiro atoms. The van der Waals surface area contributed by atoms with Crippen LogP contribution in [-0.4, -0.2) is 24.8 Å². The molecule has 106 valence electrons. The first-order chi connectivity index (χ1) is 9.58. The SMILES string of the molecule is CCCn1c(CO)nnc1-c1ccc([N+](=O)[O-])cc1C. The van der Waals surface area contributed by atoms with Crippen molar-refractivity contribution in [3.63, 3.8) is 0 Å². The number of hydrogen-bond acceptors (Lipinski definition) is 5. The van der Waals surface area contributed by atoms with Crippen LogP contribution in [-0.2, 0) is 13.2 Å². The lowest BCUT2D eigenvalue weighted by Gasteiger charge is -2.09. The van der Waals surface area contributed by atoms with Crippen LogP contribution in [0.1, 0.15) is 24.7 Å². The van der Waals surface area contributed by atoms with Gasteiger partial charge in [-0.1, -0.05) is 6.92 Å². The predicted octanol–water partition coefficient (Wildman–Crippen LogP) is 2.06. The van der Waals surface area contributed by atoms with Gasteiger partial charge < -0.3 is 9.67 Å². The number of aryl methyl sites for hydroxylation is 1. The highest BCUT2D eigenvalue weighted by atomic mass is 16.6. The van der Waals surface area contributed by atoms with Gasteiger partial charge in [0.15, 0.2) is 11.6 Å². The molecule has 7 heteroatoms. The molecule has 0 aliphatic heterocycles. The number of benzene rings is 1. The first kappa shape index (κ1) is 14.1. The molecule has 2 aromatic rings. The average molecular weight is 276 g/mol. The molecule has 2 rings (SSSR count). The number of rotatable bonds is 5. The van der Waals surface area contributed by atoms with Gasteiger partial charge in [-0.05, 0) is 25.0 Å². The third kappa shape index (κ3) is 2.53. The van der Waals surface area contributed by atoms with Crippen molar-refractivity contribution >= 4 is 5.69 Å². The van der Waals surface area contributed by atoms with E-state index in [9.17, 15) is 15.2 Å². The van der Waals surface area contributed by atoms with E-state index in [4.69, 9.17) is 0 Å². The zero-order valence-corrected chi connectivity index (χ0v) is 11.4. The summed E-state index contributed by atoms with van der Waals surface area (Å²) in [5.41, 5.74) is 1.60. The molecule has 0 amide bonds. The summed E-state index contributed by atoms with van der Waals surface area (Å²) < 4.78 is 1.84. The van der Waals surface area contributed by atoms with Gasteiger partial charge in [-0.3, -0.25) is 10.1 Å². The number of nitro benzene ring substituents is 1. The zero-order chi connectivity index (χ0) is 14.7. The van der Waals surface area contributed by atoms with Crippen LogP contribution in [0.5, 0.6) is 0 Å². The second kappa shape index (κ2) is 5.79. The van der Waals surface area contributed by atoms with E-state index in [-0.39, 0.29) is 12.3 Å². The van der Waals surface area contributed by atoms with Gasteiger partial charge in [0, 0.05) is 24.2 Å². The Hall–Kier alpha value is -2.28. The maximum atomic E-state index is 10.8. The van der Waals surface area contributed by atoms with Gasteiger partial charge in [0.2, 0.25) is 0 Å². The second-order valence-corrected chi connectivity index (χ2v) is 4.51. The highest BCUT2D eigenvalue weighted by Gasteiger charge is 2.16. The molecule has 1 aromatic heterocycles. The largest absolute Gasteiger partial charge is 0.388 e. The molecule has 1 aromatic carbocycles. The predicted molar refractivity (Wildman–Crippen MR) is 73.1 cm³/mol. The third-order valence-electron chi connectivity index (χ3n) is 3.08. The monoisotopic (exact) mass is 276 g/mol. The maximum Gasteiger partial charge on any atom is 0.269 e. The topological polar surface area (TPSA) is 94.1 Å². The van der Waals surface area contributed by atoms with E-state index in [2.05, 4.69) is 10.2 Å². The maximum absolute atomic E-state index is 10.8. The number of non-ortho nitro benzene ring substituents is 1. The molecule has 0 aliphatic carbocycles. The summed E-state index contributed by atoms with van der Waals surface area (Å²) in [4.78, 5) is 10.3. The number of nitrogens with zero attached hydrogens (tertiary/aromatic N) is 4. The first-order valence-electron chi connectivity index (χ1n) is 6.36. The van der Waals surface area contributed by atoms with Gasteiger partial charge in [0.25, 0.3) is 5.69 Å². The van der Waals surface area contributed by atoms with Crippen molar-refractivity contribution in [2.75, 3.05) is 0 Å². The zero-order valence-electron chi connectivity index (χ0n) is 11.4. The Balaban J connectivity index is 2.51. The second-order valence-electron chi connectivity index (χ2n) is 4.51. The van der Waals surface area contributed by atoms with Gasteiger partial charge >= 0.3 is 0 Å². The molecule has 1 N–H and O–H groups in total. The Morgan fingerprint density at radius 3 is 2.70 bits per heavy atom. The number of aliphatic hydroxyl groups is 1. The van der Waals surface area contributed by atoms with Crippen molar-refractivity contribution in [2.24, 2.45) is 0 Å². The Labute approximate surface area is 116 Å². The summed E-state index contributed by atoms with van der Waals surface area (Å²) in [6, 6.07) is 4.63. The van der Waals surface area contributed by atoms with Crippen molar-refractivity contribution in [1.82, 2.24) is 14.8 Å². The van der Waals surface area contributed by atoms with Crippen LogP contribution in [0.3, 0.4) is 0 Å². The molecule has 0 aliphatic rings. The minimum Gasteiger partial charge on any atom is -0.388 e. The third-order valence-corrected chi connectivity index (χ3v) is 3.08. The van der Waals surface area contributed by atoms with Gasteiger partial charge in [0.1, 0.15) is 6.61 Å². The Morgan fingerprint density at radius 1 is 1.40 bits per heavy atom. The molecule has 0 saturated heterocycles. The van der Waals surface area contributed by atoms with E-state index < -0.39 is 4.92 Å². The fraction of sp³-hybridized carbons (Fsp3) is 0.385. The lowest BCUT2D eigenvalue weighted by Crippen LogP contribution is -2.06. The molecule has 0 saturated carbocycles. The molecule has 7 nitrogen and oxygen atoms in total. The fourth-order valence-corrected chi connectivity index (χ4v) is 2.12. The van der Waals surface area contributed by atoms with Crippen LogP contribution in [0.4, 0.5) is 5.69 Å². The quantitative estimate of drug-likeness (QED) is 0.666. The molecule has 0 radical (unpaired) electrons. The van der Waals surface area contributed by atoms with Gasteiger partial charge in [-0.25, -0.2) is 0 Å². The van der Waals surface area contributed by atoms with E-state index in [0.29, 0.717) is 18.2 Å². The lowest BCUT2D eigenvalue weighted by atomic mass is 10.1. The molecule has 20 heavy (non-hydrogen) atoms. The van der Waals surface area contributed by atoms with Crippen LogP contribution in [0, 0.1) is 17.0 Å². The van der Waals surface area contributed by atoms with Crippen LogP contribution < -0.4 is 0 Å². The Kier molecular flexibility index (Phi) is 4.09. The normalized spacial score (nSPS) is 10.8. The first-order valence-corrected chi connectivity index (χ1v) is 6.36. The van der Waals surface area contributed by atoms with Crippen molar-refractivity contribution < 1.29 is 10.0 Å². The summed E-state index contributed by atoms with van der Waals surface area (Å²) >= 11 is 0. The minimum absolute atomic E-state index is 0.0511. The molecule has 0 atom stereocenters. The summed E-state index contributed by atoms with van der Waals surface area (Å²) in [6.07, 6.45) is 0.879. The summed E-state index contributed by atoms with van der Waals surface area (Å²) in [6.45, 7) is 4.33. The van der Waals surface area contributed by atoms with Gasteiger partial charge in [-0.15, -0.1) is 10.2 Å². The average Bonchev–Trinajstić information content (AvgIpc) is 2.82. The molecule has 1 heterocycles. The van der Waals surface area contributed by atoms with Crippen LogP contribution in [0.25, 0.3) is 11.4 Å². The summed E-state index contributed by atoms with van der Waals surface area (Å²) in [5, 5.41) is 28.1. The van der Waals surface area contributed by atoms with Crippen LogP contribution in [0.2, 0.25) is 0 Å². The van der Waals surface area contributed by atoms with E-state index in [0.717, 1.165) is 17.5 Å². The van der Waals surface area contributed by atoms with E-state index in [1.165, 1.54) is 12.1 Å². The molecule has 0 unspecified atom stereocenters. The Morgan fingerprint density at radius 2 is 2.15 bits per heavy atom. The lowest BCUT2D eigenvalue weighted by molar-refractivity contribution is -0.384. The smallest absolute Gasteiger partial charge is 0.269 e. The van der Waals surface area contributed by atoms with Crippen LogP contribution >= 0.6 is 0 Å². The van der Waals surface area contributed by atoms with Gasteiger partial charge in [0.05, 0.1) is 4.92 Å². The minimum atomic E-state index is -0.424. The van der Waals surface area contributed by atoms with E-state index in [1.54, 1.807) is 13.0 Å². The summed E-state index contributed by atoms with van der Waals surface area (Å²) in [5.74, 6) is 1.13. The van der Waals surface area contributed by atoms with Crippen LogP contribution in [0.15, 0.2) is 18.2 Å². The Bertz CT molecular complexity index is 637. The molecular formula is C13H16N4O3. The fourth-order valence-electron chi connectivity index (χ4n) is 2.12. The number of aromatic nitrogens is 3. The molecular weight excluding hydrogens is 260 g/mol.